The average molecular weight is 260 g/mol. The Hall–Kier alpha value is -1.14. The summed E-state index contributed by atoms with van der Waals surface area (Å²) in [5.74, 6) is 1.81. The molecule has 0 heterocycles. The molecule has 0 aliphatic heterocycles. The largest absolute Gasteiger partial charge is 0.371 e. The Bertz CT molecular complexity index is 460. The third-order valence-corrected chi connectivity index (χ3v) is 4.65. The highest BCUT2D eigenvalue weighted by Gasteiger charge is 2.31. The van der Waals surface area contributed by atoms with Crippen LogP contribution >= 0.6 is 11.8 Å². The van der Waals surface area contributed by atoms with Crippen LogP contribution in [0.1, 0.15) is 32.3 Å². The monoisotopic (exact) mass is 260 g/mol. The molecule has 1 aromatic carbocycles. The number of hydrogen-bond acceptors (Lipinski definition) is 3. The zero-order valence-electron chi connectivity index (χ0n) is 11.3. The maximum atomic E-state index is 9.42. The molecule has 1 unspecified atom stereocenters. The molecular formula is C15H20N2S. The first-order valence-electron chi connectivity index (χ1n) is 6.57. The van der Waals surface area contributed by atoms with Crippen molar-refractivity contribution in [1.29, 1.82) is 5.26 Å². The van der Waals surface area contributed by atoms with Crippen LogP contribution in [0, 0.1) is 17.2 Å². The minimum atomic E-state index is 0.527. The molecule has 1 fully saturated rings. The zero-order valence-corrected chi connectivity index (χ0v) is 12.1. The predicted molar refractivity (Wildman–Crippen MR) is 78.1 cm³/mol. The van der Waals surface area contributed by atoms with E-state index in [4.69, 9.17) is 0 Å². The third-order valence-electron chi connectivity index (χ3n) is 3.71. The summed E-state index contributed by atoms with van der Waals surface area (Å²) < 4.78 is 0. The first kappa shape index (κ1) is 13.3. The van der Waals surface area contributed by atoms with Crippen LogP contribution < -0.4 is 4.90 Å². The number of nitrogens with zero attached hydrogens (tertiary/aromatic N) is 2. The molecule has 0 N–H and O–H groups in total. The van der Waals surface area contributed by atoms with Gasteiger partial charge in [0.2, 0.25) is 0 Å². The van der Waals surface area contributed by atoms with Gasteiger partial charge < -0.3 is 4.90 Å². The number of benzene rings is 1. The van der Waals surface area contributed by atoms with Crippen LogP contribution in [0.2, 0.25) is 0 Å². The van der Waals surface area contributed by atoms with E-state index in [1.165, 1.54) is 12.8 Å². The van der Waals surface area contributed by atoms with Crippen molar-refractivity contribution in [1.82, 2.24) is 0 Å². The second-order valence-corrected chi connectivity index (χ2v) is 6.19. The van der Waals surface area contributed by atoms with Crippen LogP contribution in [0.3, 0.4) is 0 Å². The fourth-order valence-electron chi connectivity index (χ4n) is 2.32. The number of thioether (sulfide) groups is 1. The topological polar surface area (TPSA) is 27.0 Å². The quantitative estimate of drug-likeness (QED) is 0.751. The van der Waals surface area contributed by atoms with Crippen LogP contribution in [0.4, 0.5) is 5.69 Å². The molecule has 96 valence electrons. The molecule has 1 saturated carbocycles. The van der Waals surface area contributed by atoms with Gasteiger partial charge in [-0.2, -0.15) is 5.26 Å². The molecule has 2 nitrogen and oxygen atoms in total. The summed E-state index contributed by atoms with van der Waals surface area (Å²) in [5, 5.41) is 9.42. The average Bonchev–Trinajstić information content (AvgIpc) is 3.21. The summed E-state index contributed by atoms with van der Waals surface area (Å²) >= 11 is 1.74. The molecule has 1 atom stereocenters. The lowest BCUT2D eigenvalue weighted by Crippen LogP contribution is -2.31. The number of nitriles is 1. The summed E-state index contributed by atoms with van der Waals surface area (Å²) in [5.41, 5.74) is 1.91. The van der Waals surface area contributed by atoms with Gasteiger partial charge in [-0.25, -0.2) is 0 Å². The third kappa shape index (κ3) is 2.64. The normalized spacial score (nSPS) is 16.1. The highest BCUT2D eigenvalue weighted by molar-refractivity contribution is 7.99. The standard InChI is InChI=1S/C15H20N2S/c1-4-18-15-7-5-6-14(13(15)10-16)17(3)11(2)12-8-9-12/h5-7,11-12H,4,8-9H2,1-3H3. The van der Waals surface area contributed by atoms with Crippen LogP contribution in [-0.4, -0.2) is 18.8 Å². The SMILES string of the molecule is CCSc1cccc(N(C)C(C)C2CC2)c1C#N. The van der Waals surface area contributed by atoms with Crippen molar-refractivity contribution in [3.63, 3.8) is 0 Å². The predicted octanol–water partition coefficient (Wildman–Crippen LogP) is 3.90. The van der Waals surface area contributed by atoms with E-state index in [1.54, 1.807) is 11.8 Å². The van der Waals surface area contributed by atoms with E-state index in [2.05, 4.69) is 44.0 Å². The van der Waals surface area contributed by atoms with Gasteiger partial charge in [-0.1, -0.05) is 13.0 Å². The van der Waals surface area contributed by atoms with Crippen molar-refractivity contribution in [2.75, 3.05) is 17.7 Å². The Labute approximate surface area is 114 Å². The van der Waals surface area contributed by atoms with Gasteiger partial charge in [0.15, 0.2) is 0 Å². The lowest BCUT2D eigenvalue weighted by Gasteiger charge is -2.28. The van der Waals surface area contributed by atoms with Crippen LogP contribution in [0.15, 0.2) is 23.1 Å². The Kier molecular flexibility index (Phi) is 4.19. The van der Waals surface area contributed by atoms with Gasteiger partial charge >= 0.3 is 0 Å². The lowest BCUT2D eigenvalue weighted by atomic mass is 10.1. The van der Waals surface area contributed by atoms with Crippen LogP contribution in [-0.2, 0) is 0 Å². The molecule has 0 spiro atoms. The van der Waals surface area contributed by atoms with E-state index in [-0.39, 0.29) is 0 Å². The highest BCUT2D eigenvalue weighted by atomic mass is 32.2. The van der Waals surface area contributed by atoms with Crippen molar-refractivity contribution in [3.8, 4) is 6.07 Å². The van der Waals surface area contributed by atoms with E-state index in [0.717, 1.165) is 27.8 Å². The Morgan fingerprint density at radius 3 is 2.78 bits per heavy atom. The smallest absolute Gasteiger partial charge is 0.103 e. The van der Waals surface area contributed by atoms with E-state index in [1.807, 2.05) is 6.07 Å². The van der Waals surface area contributed by atoms with Gasteiger partial charge in [0.1, 0.15) is 6.07 Å². The molecule has 0 aromatic heterocycles. The molecule has 1 aromatic rings. The van der Waals surface area contributed by atoms with Crippen molar-refractivity contribution in [2.45, 2.75) is 37.6 Å². The summed E-state index contributed by atoms with van der Waals surface area (Å²) in [6, 6.07) is 9.08. The molecule has 0 bridgehead atoms. The van der Waals surface area contributed by atoms with Crippen molar-refractivity contribution < 1.29 is 0 Å². The summed E-state index contributed by atoms with van der Waals surface area (Å²) in [7, 11) is 2.11. The van der Waals surface area contributed by atoms with E-state index < -0.39 is 0 Å². The minimum absolute atomic E-state index is 0.527. The maximum Gasteiger partial charge on any atom is 0.103 e. The molecule has 0 radical (unpaired) electrons. The van der Waals surface area contributed by atoms with Gasteiger partial charge in [0.05, 0.1) is 11.3 Å². The van der Waals surface area contributed by atoms with Crippen molar-refractivity contribution >= 4 is 17.4 Å². The Balaban J connectivity index is 2.31. The maximum absolute atomic E-state index is 9.42. The van der Waals surface area contributed by atoms with Gasteiger partial charge in [0, 0.05) is 18.0 Å². The van der Waals surface area contributed by atoms with Gasteiger partial charge in [0.25, 0.3) is 0 Å². The minimum Gasteiger partial charge on any atom is -0.371 e. The van der Waals surface area contributed by atoms with Crippen molar-refractivity contribution in [2.24, 2.45) is 5.92 Å². The lowest BCUT2D eigenvalue weighted by molar-refractivity contribution is 0.608. The fraction of sp³-hybridized carbons (Fsp3) is 0.533. The number of anilines is 1. The Morgan fingerprint density at radius 1 is 1.50 bits per heavy atom. The van der Waals surface area contributed by atoms with E-state index >= 15 is 0 Å². The molecular weight excluding hydrogens is 240 g/mol. The van der Waals surface area contributed by atoms with Crippen LogP contribution in [0.25, 0.3) is 0 Å². The summed E-state index contributed by atoms with van der Waals surface area (Å²) in [4.78, 5) is 3.38. The number of rotatable bonds is 5. The number of hydrogen-bond donors (Lipinski definition) is 0. The molecule has 2 rings (SSSR count). The highest BCUT2D eigenvalue weighted by Crippen LogP contribution is 2.38. The van der Waals surface area contributed by atoms with Crippen LogP contribution in [0.5, 0.6) is 0 Å². The van der Waals surface area contributed by atoms with E-state index in [0.29, 0.717) is 6.04 Å². The first-order chi connectivity index (χ1) is 8.69. The van der Waals surface area contributed by atoms with E-state index in [9.17, 15) is 5.26 Å². The van der Waals surface area contributed by atoms with Crippen molar-refractivity contribution in [3.05, 3.63) is 23.8 Å². The molecule has 0 saturated heterocycles. The molecule has 1 aliphatic rings. The summed E-state index contributed by atoms with van der Waals surface area (Å²) in [6.45, 7) is 4.38. The molecule has 18 heavy (non-hydrogen) atoms. The van der Waals surface area contributed by atoms with Gasteiger partial charge in [-0.15, -0.1) is 11.8 Å². The zero-order chi connectivity index (χ0) is 13.1. The van der Waals surface area contributed by atoms with Gasteiger partial charge in [-0.3, -0.25) is 0 Å². The Morgan fingerprint density at radius 2 is 2.22 bits per heavy atom. The first-order valence-corrected chi connectivity index (χ1v) is 7.56. The molecule has 1 aliphatic carbocycles. The summed E-state index contributed by atoms with van der Waals surface area (Å²) in [6.07, 6.45) is 2.66. The van der Waals surface area contributed by atoms with Gasteiger partial charge in [-0.05, 0) is 43.6 Å². The fourth-order valence-corrected chi connectivity index (χ4v) is 3.10. The molecule has 0 amide bonds. The second kappa shape index (κ2) is 5.67. The second-order valence-electron chi connectivity index (χ2n) is 4.88. The molecule has 3 heteroatoms.